The number of aromatic nitrogens is 2. The molecule has 2 rings (SSSR count). The summed E-state index contributed by atoms with van der Waals surface area (Å²) in [5.41, 5.74) is 0.759. The standard InChI is InChI=1S/C13H20BrN3O/c1-9(2)8-17-13(18)12(14)11(7-16-17)15-6-10-4-3-5-10/h7,9-10,15H,3-6,8H2,1-2H3. The van der Waals surface area contributed by atoms with Crippen molar-refractivity contribution in [3.63, 3.8) is 0 Å². The molecule has 1 heterocycles. The Labute approximate surface area is 116 Å². The quantitative estimate of drug-likeness (QED) is 0.909. The summed E-state index contributed by atoms with van der Waals surface area (Å²) in [6, 6.07) is 0. The Morgan fingerprint density at radius 1 is 1.56 bits per heavy atom. The highest BCUT2D eigenvalue weighted by molar-refractivity contribution is 9.10. The Hall–Kier alpha value is -0.840. The van der Waals surface area contributed by atoms with Gasteiger partial charge in [0.2, 0.25) is 0 Å². The maximum atomic E-state index is 12.1. The third-order valence-corrected chi connectivity index (χ3v) is 4.10. The first-order chi connectivity index (χ1) is 8.58. The molecular formula is C13H20BrN3O. The molecule has 0 aromatic carbocycles. The van der Waals surface area contributed by atoms with E-state index in [1.54, 1.807) is 6.20 Å². The van der Waals surface area contributed by atoms with E-state index in [0.717, 1.165) is 18.2 Å². The Morgan fingerprint density at radius 3 is 2.83 bits per heavy atom. The van der Waals surface area contributed by atoms with E-state index in [9.17, 15) is 4.79 Å². The summed E-state index contributed by atoms with van der Waals surface area (Å²) in [4.78, 5) is 12.1. The van der Waals surface area contributed by atoms with Crippen molar-refractivity contribution in [1.29, 1.82) is 0 Å². The van der Waals surface area contributed by atoms with Crippen LogP contribution in [0.25, 0.3) is 0 Å². The first-order valence-corrected chi connectivity index (χ1v) is 7.36. The van der Waals surface area contributed by atoms with Gasteiger partial charge in [-0.2, -0.15) is 5.10 Å². The lowest BCUT2D eigenvalue weighted by atomic mass is 9.85. The zero-order valence-electron chi connectivity index (χ0n) is 10.9. The first-order valence-electron chi connectivity index (χ1n) is 6.57. The molecule has 1 aromatic heterocycles. The van der Waals surface area contributed by atoms with E-state index < -0.39 is 0 Å². The van der Waals surface area contributed by atoms with Crippen molar-refractivity contribution in [3.8, 4) is 0 Å². The lowest BCUT2D eigenvalue weighted by Crippen LogP contribution is -2.27. The number of anilines is 1. The van der Waals surface area contributed by atoms with Gasteiger partial charge in [-0.25, -0.2) is 4.68 Å². The van der Waals surface area contributed by atoms with Crippen LogP contribution in [0.4, 0.5) is 5.69 Å². The molecule has 18 heavy (non-hydrogen) atoms. The van der Waals surface area contributed by atoms with Crippen molar-refractivity contribution in [2.24, 2.45) is 11.8 Å². The van der Waals surface area contributed by atoms with Crippen LogP contribution in [0.5, 0.6) is 0 Å². The highest BCUT2D eigenvalue weighted by Crippen LogP contribution is 2.27. The first kappa shape index (κ1) is 13.6. The molecule has 1 aromatic rings. The fourth-order valence-corrected chi connectivity index (χ4v) is 2.46. The molecule has 0 radical (unpaired) electrons. The largest absolute Gasteiger partial charge is 0.382 e. The van der Waals surface area contributed by atoms with Gasteiger partial charge in [0.15, 0.2) is 0 Å². The highest BCUT2D eigenvalue weighted by Gasteiger charge is 2.18. The number of rotatable bonds is 5. The molecule has 0 bridgehead atoms. The smallest absolute Gasteiger partial charge is 0.283 e. The van der Waals surface area contributed by atoms with Gasteiger partial charge in [-0.1, -0.05) is 20.3 Å². The molecule has 0 unspecified atom stereocenters. The zero-order valence-corrected chi connectivity index (χ0v) is 12.5. The summed E-state index contributed by atoms with van der Waals surface area (Å²) < 4.78 is 2.11. The number of nitrogens with one attached hydrogen (secondary N) is 1. The minimum absolute atomic E-state index is 0.0534. The molecule has 1 saturated carbocycles. The van der Waals surface area contributed by atoms with Gasteiger partial charge >= 0.3 is 0 Å². The van der Waals surface area contributed by atoms with Gasteiger partial charge in [0.25, 0.3) is 5.56 Å². The predicted molar refractivity (Wildman–Crippen MR) is 76.9 cm³/mol. The summed E-state index contributed by atoms with van der Waals surface area (Å²) >= 11 is 3.38. The fourth-order valence-electron chi connectivity index (χ4n) is 2.02. The van der Waals surface area contributed by atoms with E-state index >= 15 is 0 Å². The maximum absolute atomic E-state index is 12.1. The van der Waals surface area contributed by atoms with Gasteiger partial charge in [-0.15, -0.1) is 0 Å². The molecular weight excluding hydrogens is 294 g/mol. The molecule has 100 valence electrons. The molecule has 1 aliphatic rings. The van der Waals surface area contributed by atoms with E-state index in [1.165, 1.54) is 23.9 Å². The van der Waals surface area contributed by atoms with Crippen LogP contribution in [0.1, 0.15) is 33.1 Å². The number of hydrogen-bond donors (Lipinski definition) is 1. The average Bonchev–Trinajstić information content (AvgIpc) is 2.25. The Kier molecular flexibility index (Phi) is 4.43. The van der Waals surface area contributed by atoms with E-state index in [4.69, 9.17) is 0 Å². The Balaban J connectivity index is 2.07. The second kappa shape index (κ2) is 5.87. The lowest BCUT2D eigenvalue weighted by Gasteiger charge is -2.26. The van der Waals surface area contributed by atoms with Crippen molar-refractivity contribution < 1.29 is 0 Å². The van der Waals surface area contributed by atoms with Crippen LogP contribution < -0.4 is 10.9 Å². The molecule has 0 amide bonds. The number of hydrogen-bond acceptors (Lipinski definition) is 3. The third kappa shape index (κ3) is 3.13. The van der Waals surface area contributed by atoms with Gasteiger partial charge in [0, 0.05) is 13.1 Å². The second-order valence-corrected chi connectivity index (χ2v) is 6.22. The Morgan fingerprint density at radius 2 is 2.28 bits per heavy atom. The van der Waals surface area contributed by atoms with Crippen LogP contribution in [0, 0.1) is 11.8 Å². The van der Waals surface area contributed by atoms with Gasteiger partial charge in [-0.05, 0) is 40.6 Å². The molecule has 0 aliphatic heterocycles. The fraction of sp³-hybridized carbons (Fsp3) is 0.692. The lowest BCUT2D eigenvalue weighted by molar-refractivity contribution is 0.333. The molecule has 1 N–H and O–H groups in total. The van der Waals surface area contributed by atoms with Crippen LogP contribution in [0.3, 0.4) is 0 Å². The summed E-state index contributed by atoms with van der Waals surface area (Å²) in [5, 5.41) is 7.53. The van der Waals surface area contributed by atoms with Crippen LogP contribution in [0.15, 0.2) is 15.5 Å². The molecule has 1 fully saturated rings. The van der Waals surface area contributed by atoms with Crippen molar-refractivity contribution in [1.82, 2.24) is 9.78 Å². The molecule has 0 atom stereocenters. The molecule has 4 nitrogen and oxygen atoms in total. The van der Waals surface area contributed by atoms with Crippen molar-refractivity contribution in [2.45, 2.75) is 39.7 Å². The predicted octanol–water partition coefficient (Wildman–Crippen LogP) is 2.87. The van der Waals surface area contributed by atoms with Gasteiger partial charge in [0.05, 0.1) is 11.9 Å². The normalized spacial score (nSPS) is 15.8. The van der Waals surface area contributed by atoms with Crippen LogP contribution in [0.2, 0.25) is 0 Å². The van der Waals surface area contributed by atoms with Gasteiger partial charge in [-0.3, -0.25) is 4.79 Å². The third-order valence-electron chi connectivity index (χ3n) is 3.33. The van der Waals surface area contributed by atoms with Gasteiger partial charge < -0.3 is 5.32 Å². The van der Waals surface area contributed by atoms with Crippen molar-refractivity contribution in [3.05, 3.63) is 21.0 Å². The topological polar surface area (TPSA) is 46.9 Å². The summed E-state index contributed by atoms with van der Waals surface area (Å²) in [5.74, 6) is 1.17. The minimum Gasteiger partial charge on any atom is -0.382 e. The van der Waals surface area contributed by atoms with Crippen LogP contribution in [-0.4, -0.2) is 16.3 Å². The van der Waals surface area contributed by atoms with E-state index in [2.05, 4.69) is 40.2 Å². The van der Waals surface area contributed by atoms with Gasteiger partial charge in [0.1, 0.15) is 4.47 Å². The SMILES string of the molecule is CC(C)Cn1ncc(NCC2CCC2)c(Br)c1=O. The summed E-state index contributed by atoms with van der Waals surface area (Å²) in [7, 11) is 0. The average molecular weight is 314 g/mol. The highest BCUT2D eigenvalue weighted by atomic mass is 79.9. The van der Waals surface area contributed by atoms with Crippen molar-refractivity contribution in [2.75, 3.05) is 11.9 Å². The zero-order chi connectivity index (χ0) is 13.1. The molecule has 5 heteroatoms. The van der Waals surface area contributed by atoms with E-state index in [0.29, 0.717) is 16.9 Å². The van der Waals surface area contributed by atoms with Crippen molar-refractivity contribution >= 4 is 21.6 Å². The second-order valence-electron chi connectivity index (χ2n) is 5.43. The number of halogens is 1. The minimum atomic E-state index is -0.0534. The van der Waals surface area contributed by atoms with E-state index in [1.807, 2.05) is 0 Å². The molecule has 1 aliphatic carbocycles. The van der Waals surface area contributed by atoms with Crippen LogP contribution >= 0.6 is 15.9 Å². The molecule has 0 saturated heterocycles. The maximum Gasteiger partial charge on any atom is 0.283 e. The number of nitrogens with zero attached hydrogens (tertiary/aromatic N) is 2. The summed E-state index contributed by atoms with van der Waals surface area (Å²) in [6.45, 7) is 5.74. The Bertz CT molecular complexity index is 466. The van der Waals surface area contributed by atoms with Crippen LogP contribution in [-0.2, 0) is 6.54 Å². The summed E-state index contributed by atoms with van der Waals surface area (Å²) in [6.07, 6.45) is 5.67. The molecule has 0 spiro atoms. The monoisotopic (exact) mass is 313 g/mol. The van der Waals surface area contributed by atoms with E-state index in [-0.39, 0.29) is 5.56 Å².